The SMILES string of the molecule is CN(C)CCOC[C@H]1CN(C(=O)CC2CCCC2)Cc2nnn(C)c21. The molecule has 0 aromatic carbocycles. The fourth-order valence-electron chi connectivity index (χ4n) is 4.00. The van der Waals surface area contributed by atoms with Crippen LogP contribution >= 0.6 is 0 Å². The minimum absolute atomic E-state index is 0.151. The Kier molecular flexibility index (Phi) is 6.06. The van der Waals surface area contributed by atoms with Gasteiger partial charge in [0, 0.05) is 32.5 Å². The first-order valence-electron chi connectivity index (χ1n) is 9.43. The number of amides is 1. The van der Waals surface area contributed by atoms with Crippen LogP contribution in [0, 0.1) is 5.92 Å². The molecule has 25 heavy (non-hydrogen) atoms. The van der Waals surface area contributed by atoms with Crippen LogP contribution < -0.4 is 0 Å². The van der Waals surface area contributed by atoms with Crippen LogP contribution in [-0.4, -0.2) is 71.1 Å². The van der Waals surface area contributed by atoms with Gasteiger partial charge in [-0.25, -0.2) is 0 Å². The lowest BCUT2D eigenvalue weighted by Gasteiger charge is -2.33. The Balaban J connectivity index is 1.62. The second-order valence-corrected chi connectivity index (χ2v) is 7.75. The summed E-state index contributed by atoms with van der Waals surface area (Å²) >= 11 is 0. The van der Waals surface area contributed by atoms with E-state index in [1.807, 2.05) is 30.7 Å². The van der Waals surface area contributed by atoms with Crippen molar-refractivity contribution in [3.8, 4) is 0 Å². The van der Waals surface area contributed by atoms with E-state index < -0.39 is 0 Å². The van der Waals surface area contributed by atoms with Crippen molar-refractivity contribution < 1.29 is 9.53 Å². The number of aryl methyl sites for hydroxylation is 1. The monoisotopic (exact) mass is 349 g/mol. The van der Waals surface area contributed by atoms with Gasteiger partial charge in [0.25, 0.3) is 0 Å². The van der Waals surface area contributed by atoms with Gasteiger partial charge in [0.1, 0.15) is 5.69 Å². The Morgan fingerprint density at radius 1 is 1.32 bits per heavy atom. The van der Waals surface area contributed by atoms with Crippen molar-refractivity contribution in [1.29, 1.82) is 0 Å². The Morgan fingerprint density at radius 3 is 2.80 bits per heavy atom. The maximum Gasteiger partial charge on any atom is 0.223 e. The Morgan fingerprint density at radius 2 is 2.08 bits per heavy atom. The van der Waals surface area contributed by atoms with Crippen molar-refractivity contribution in [3.05, 3.63) is 11.4 Å². The van der Waals surface area contributed by atoms with Crippen LogP contribution in [0.4, 0.5) is 0 Å². The molecule has 1 fully saturated rings. The number of hydrogen-bond donors (Lipinski definition) is 0. The van der Waals surface area contributed by atoms with Gasteiger partial charge in [-0.15, -0.1) is 5.10 Å². The lowest BCUT2D eigenvalue weighted by atomic mass is 9.97. The maximum atomic E-state index is 12.8. The zero-order valence-corrected chi connectivity index (χ0v) is 15.8. The number of rotatable bonds is 7. The summed E-state index contributed by atoms with van der Waals surface area (Å²) < 4.78 is 7.72. The summed E-state index contributed by atoms with van der Waals surface area (Å²) in [5.74, 6) is 0.991. The first kappa shape index (κ1) is 18.3. The van der Waals surface area contributed by atoms with E-state index in [0.29, 0.717) is 38.6 Å². The normalized spacial score (nSPS) is 21.1. The van der Waals surface area contributed by atoms with Gasteiger partial charge in [-0.05, 0) is 32.9 Å². The number of hydrogen-bond acceptors (Lipinski definition) is 5. The van der Waals surface area contributed by atoms with Crippen LogP contribution in [0.25, 0.3) is 0 Å². The summed E-state index contributed by atoms with van der Waals surface area (Å²) in [4.78, 5) is 16.8. The molecule has 2 heterocycles. The molecule has 0 N–H and O–H groups in total. The van der Waals surface area contributed by atoms with Crippen molar-refractivity contribution in [2.45, 2.75) is 44.6 Å². The standard InChI is InChI=1S/C18H31N5O2/c1-21(2)8-9-25-13-15-11-23(12-16-18(15)22(3)20-19-16)17(24)10-14-6-4-5-7-14/h14-15H,4-13H2,1-3H3/t15-/m1/s1. The van der Waals surface area contributed by atoms with Crippen LogP contribution in [-0.2, 0) is 23.1 Å². The third kappa shape index (κ3) is 4.58. The predicted molar refractivity (Wildman–Crippen MR) is 95.1 cm³/mol. The van der Waals surface area contributed by atoms with E-state index in [0.717, 1.165) is 17.9 Å². The zero-order valence-electron chi connectivity index (χ0n) is 15.8. The highest BCUT2D eigenvalue weighted by atomic mass is 16.5. The molecule has 0 spiro atoms. The first-order valence-corrected chi connectivity index (χ1v) is 9.43. The smallest absolute Gasteiger partial charge is 0.223 e. The van der Waals surface area contributed by atoms with E-state index in [9.17, 15) is 4.79 Å². The van der Waals surface area contributed by atoms with Gasteiger partial charge in [0.05, 0.1) is 25.5 Å². The highest BCUT2D eigenvalue weighted by molar-refractivity contribution is 5.76. The second kappa shape index (κ2) is 8.27. The zero-order chi connectivity index (χ0) is 17.8. The maximum absolute atomic E-state index is 12.8. The predicted octanol–water partition coefficient (Wildman–Crippen LogP) is 1.40. The van der Waals surface area contributed by atoms with Crippen LogP contribution in [0.5, 0.6) is 0 Å². The number of carbonyl (C=O) groups is 1. The second-order valence-electron chi connectivity index (χ2n) is 7.75. The summed E-state index contributed by atoms with van der Waals surface area (Å²) in [5.41, 5.74) is 2.05. The Bertz CT molecular complexity index is 580. The number of ether oxygens (including phenoxy) is 1. The molecule has 7 nitrogen and oxygen atoms in total. The number of nitrogens with zero attached hydrogens (tertiary/aromatic N) is 5. The molecule has 1 saturated carbocycles. The fraction of sp³-hybridized carbons (Fsp3) is 0.833. The highest BCUT2D eigenvalue weighted by Crippen LogP contribution is 2.31. The summed E-state index contributed by atoms with van der Waals surface area (Å²) in [6, 6.07) is 0. The van der Waals surface area contributed by atoms with Gasteiger partial charge in [0.15, 0.2) is 0 Å². The van der Waals surface area contributed by atoms with E-state index in [4.69, 9.17) is 4.74 Å². The summed E-state index contributed by atoms with van der Waals surface area (Å²) in [6.07, 6.45) is 5.63. The van der Waals surface area contributed by atoms with Gasteiger partial charge < -0.3 is 14.5 Å². The van der Waals surface area contributed by atoms with Crippen LogP contribution in [0.1, 0.15) is 49.4 Å². The number of fused-ring (bicyclic) bond motifs is 1. The molecule has 1 atom stereocenters. The van der Waals surface area contributed by atoms with Gasteiger partial charge in [0.2, 0.25) is 5.91 Å². The van der Waals surface area contributed by atoms with Crippen molar-refractivity contribution in [1.82, 2.24) is 24.8 Å². The fourth-order valence-corrected chi connectivity index (χ4v) is 4.00. The molecule has 1 aromatic rings. The number of likely N-dealkylation sites (N-methyl/N-ethyl adjacent to an activating group) is 1. The van der Waals surface area contributed by atoms with Gasteiger partial charge in [-0.3, -0.25) is 9.48 Å². The molecule has 0 bridgehead atoms. The summed E-state index contributed by atoms with van der Waals surface area (Å²) in [6.45, 7) is 3.49. The van der Waals surface area contributed by atoms with E-state index in [-0.39, 0.29) is 11.8 Å². The van der Waals surface area contributed by atoms with Crippen LogP contribution in [0.2, 0.25) is 0 Å². The first-order chi connectivity index (χ1) is 12.0. The molecule has 1 aromatic heterocycles. The summed E-state index contributed by atoms with van der Waals surface area (Å²) in [5, 5.41) is 8.45. The minimum atomic E-state index is 0.151. The molecule has 3 rings (SSSR count). The van der Waals surface area contributed by atoms with Crippen LogP contribution in [0.15, 0.2) is 0 Å². The molecule has 7 heteroatoms. The molecular weight excluding hydrogens is 318 g/mol. The summed E-state index contributed by atoms with van der Waals surface area (Å²) in [7, 11) is 6.00. The van der Waals surface area contributed by atoms with Gasteiger partial charge in [-0.1, -0.05) is 18.1 Å². The molecule has 0 unspecified atom stereocenters. The Labute approximate surface area is 150 Å². The molecular formula is C18H31N5O2. The molecule has 2 aliphatic rings. The molecule has 0 radical (unpaired) electrons. The quantitative estimate of drug-likeness (QED) is 0.696. The Hall–Kier alpha value is -1.47. The van der Waals surface area contributed by atoms with E-state index >= 15 is 0 Å². The lowest BCUT2D eigenvalue weighted by molar-refractivity contribution is -0.133. The molecule has 140 valence electrons. The number of carbonyl (C=O) groups excluding carboxylic acids is 1. The third-order valence-electron chi connectivity index (χ3n) is 5.40. The molecule has 0 saturated heterocycles. The number of aromatic nitrogens is 3. The van der Waals surface area contributed by atoms with Crippen molar-refractivity contribution in [3.63, 3.8) is 0 Å². The topological polar surface area (TPSA) is 63.5 Å². The third-order valence-corrected chi connectivity index (χ3v) is 5.40. The average molecular weight is 349 g/mol. The molecule has 1 aliphatic carbocycles. The van der Waals surface area contributed by atoms with Crippen LogP contribution in [0.3, 0.4) is 0 Å². The van der Waals surface area contributed by atoms with Gasteiger partial charge >= 0.3 is 0 Å². The largest absolute Gasteiger partial charge is 0.379 e. The van der Waals surface area contributed by atoms with Crippen molar-refractivity contribution in [2.24, 2.45) is 13.0 Å². The van der Waals surface area contributed by atoms with Crippen molar-refractivity contribution in [2.75, 3.05) is 40.4 Å². The lowest BCUT2D eigenvalue weighted by Crippen LogP contribution is -2.41. The molecule has 1 aliphatic heterocycles. The average Bonchev–Trinajstić information content (AvgIpc) is 3.21. The minimum Gasteiger partial charge on any atom is -0.379 e. The molecule has 1 amide bonds. The van der Waals surface area contributed by atoms with Gasteiger partial charge in [-0.2, -0.15) is 0 Å². The van der Waals surface area contributed by atoms with E-state index in [1.165, 1.54) is 25.7 Å². The highest BCUT2D eigenvalue weighted by Gasteiger charge is 2.33. The van der Waals surface area contributed by atoms with E-state index in [1.54, 1.807) is 0 Å². The van der Waals surface area contributed by atoms with Crippen molar-refractivity contribution >= 4 is 5.91 Å². The van der Waals surface area contributed by atoms with E-state index in [2.05, 4.69) is 15.2 Å².